The van der Waals surface area contributed by atoms with Crippen molar-refractivity contribution in [3.8, 4) is 0 Å². The molecule has 1 fully saturated rings. The average molecular weight is 393 g/mol. The molecular weight excluding hydrogens is 372 g/mol. The fraction of sp³-hybridized carbons (Fsp3) is 0.278. The number of aromatic nitrogens is 2. The molecule has 1 aliphatic heterocycles. The van der Waals surface area contributed by atoms with Gasteiger partial charge in [0.15, 0.2) is 0 Å². The Bertz CT molecular complexity index is 983. The lowest BCUT2D eigenvalue weighted by molar-refractivity contribution is 0.586. The third-order valence-corrected chi connectivity index (χ3v) is 6.08. The second-order valence-corrected chi connectivity index (χ2v) is 8.00. The van der Waals surface area contributed by atoms with Gasteiger partial charge < -0.3 is 10.2 Å². The Morgan fingerprint density at radius 3 is 2.50 bits per heavy atom. The zero-order chi connectivity index (χ0) is 17.3. The summed E-state index contributed by atoms with van der Waals surface area (Å²) in [5, 5.41) is 4.19. The van der Waals surface area contributed by atoms with E-state index in [1.165, 1.54) is 3.97 Å². The molecule has 3 heterocycles. The highest BCUT2D eigenvalue weighted by Gasteiger charge is 2.20. The van der Waals surface area contributed by atoms with Gasteiger partial charge in [0.2, 0.25) is 10.0 Å². The number of nitrogens with zero attached hydrogens (tertiary/aromatic N) is 3. The molecule has 0 bridgehead atoms. The van der Waals surface area contributed by atoms with Crippen molar-refractivity contribution in [3.05, 3.63) is 60.4 Å². The van der Waals surface area contributed by atoms with Gasteiger partial charge in [-0.05, 0) is 17.7 Å². The number of piperazine rings is 1. The lowest BCUT2D eigenvalue weighted by atomic mass is 10.2. The Hall–Kier alpha value is -2.09. The molecular formula is C18H21ClN4O2S. The number of hydrogen-bond acceptors (Lipinski definition) is 5. The van der Waals surface area contributed by atoms with E-state index in [1.54, 1.807) is 18.5 Å². The molecule has 0 aliphatic carbocycles. The molecule has 3 aromatic rings. The SMILES string of the molecule is Cl.O=S(=O)(Cc1ccccc1)n1ccc2c(N3CCNCC3)nccc21. The summed E-state index contributed by atoms with van der Waals surface area (Å²) in [6.07, 6.45) is 3.32. The van der Waals surface area contributed by atoms with E-state index in [1.807, 2.05) is 36.4 Å². The zero-order valence-electron chi connectivity index (χ0n) is 14.2. The molecule has 8 heteroatoms. The van der Waals surface area contributed by atoms with E-state index < -0.39 is 10.0 Å². The smallest absolute Gasteiger partial charge is 0.243 e. The largest absolute Gasteiger partial charge is 0.354 e. The van der Waals surface area contributed by atoms with Crippen LogP contribution in [0.2, 0.25) is 0 Å². The van der Waals surface area contributed by atoms with Gasteiger partial charge in [-0.25, -0.2) is 17.4 Å². The first-order valence-corrected chi connectivity index (χ1v) is 9.95. The molecule has 26 heavy (non-hydrogen) atoms. The van der Waals surface area contributed by atoms with Gasteiger partial charge in [-0.15, -0.1) is 12.4 Å². The maximum Gasteiger partial charge on any atom is 0.243 e. The predicted molar refractivity (Wildman–Crippen MR) is 107 cm³/mol. The molecule has 2 aromatic heterocycles. The van der Waals surface area contributed by atoms with Crippen molar-refractivity contribution in [1.29, 1.82) is 0 Å². The van der Waals surface area contributed by atoms with Crippen LogP contribution in [0.25, 0.3) is 10.9 Å². The molecule has 1 saturated heterocycles. The Labute approximate surface area is 159 Å². The van der Waals surface area contributed by atoms with E-state index >= 15 is 0 Å². The molecule has 6 nitrogen and oxygen atoms in total. The highest BCUT2D eigenvalue weighted by molar-refractivity contribution is 7.89. The van der Waals surface area contributed by atoms with E-state index in [0.29, 0.717) is 5.52 Å². The van der Waals surface area contributed by atoms with Gasteiger partial charge in [-0.1, -0.05) is 30.3 Å². The quantitative estimate of drug-likeness (QED) is 0.737. The molecule has 0 spiro atoms. The van der Waals surface area contributed by atoms with Crippen molar-refractivity contribution in [3.63, 3.8) is 0 Å². The van der Waals surface area contributed by atoms with Crippen molar-refractivity contribution in [2.75, 3.05) is 31.1 Å². The second-order valence-electron chi connectivity index (χ2n) is 6.16. The van der Waals surface area contributed by atoms with Gasteiger partial charge in [0.05, 0.1) is 11.3 Å². The summed E-state index contributed by atoms with van der Waals surface area (Å²) in [4.78, 5) is 6.70. The van der Waals surface area contributed by atoms with Gasteiger partial charge in [-0.2, -0.15) is 0 Å². The average Bonchev–Trinajstić information content (AvgIpc) is 3.08. The van der Waals surface area contributed by atoms with E-state index in [-0.39, 0.29) is 18.2 Å². The Morgan fingerprint density at radius 1 is 1.04 bits per heavy atom. The van der Waals surface area contributed by atoms with Crippen molar-refractivity contribution in [2.45, 2.75) is 5.75 Å². The normalized spacial score (nSPS) is 15.0. The lowest BCUT2D eigenvalue weighted by Crippen LogP contribution is -2.43. The van der Waals surface area contributed by atoms with E-state index in [2.05, 4.69) is 15.2 Å². The highest BCUT2D eigenvalue weighted by atomic mass is 35.5. The van der Waals surface area contributed by atoms with Crippen molar-refractivity contribution >= 4 is 39.2 Å². The fourth-order valence-electron chi connectivity index (χ4n) is 3.25. The van der Waals surface area contributed by atoms with Crippen LogP contribution in [-0.4, -0.2) is 43.6 Å². The van der Waals surface area contributed by atoms with Gasteiger partial charge in [-0.3, -0.25) is 0 Å². The first-order valence-electron chi connectivity index (χ1n) is 8.34. The number of benzene rings is 1. The minimum absolute atomic E-state index is 0. The van der Waals surface area contributed by atoms with E-state index in [9.17, 15) is 8.42 Å². The van der Waals surface area contributed by atoms with E-state index in [4.69, 9.17) is 0 Å². The van der Waals surface area contributed by atoms with Gasteiger partial charge in [0.25, 0.3) is 0 Å². The number of anilines is 1. The molecule has 0 unspecified atom stereocenters. The minimum Gasteiger partial charge on any atom is -0.354 e. The number of rotatable bonds is 4. The topological polar surface area (TPSA) is 67.2 Å². The monoisotopic (exact) mass is 392 g/mol. The molecule has 0 saturated carbocycles. The molecule has 0 radical (unpaired) electrons. The third-order valence-electron chi connectivity index (χ3n) is 4.47. The summed E-state index contributed by atoms with van der Waals surface area (Å²) in [6, 6.07) is 12.9. The summed E-state index contributed by atoms with van der Waals surface area (Å²) >= 11 is 0. The molecule has 1 aliphatic rings. The molecule has 138 valence electrons. The minimum atomic E-state index is -3.49. The van der Waals surface area contributed by atoms with Crippen molar-refractivity contribution in [2.24, 2.45) is 0 Å². The number of fused-ring (bicyclic) bond motifs is 1. The molecule has 0 atom stereocenters. The van der Waals surface area contributed by atoms with Gasteiger partial charge in [0, 0.05) is 44.0 Å². The summed E-state index contributed by atoms with van der Waals surface area (Å²) < 4.78 is 27.1. The van der Waals surface area contributed by atoms with Gasteiger partial charge in [0.1, 0.15) is 5.82 Å². The Balaban J connectivity index is 0.00000196. The maximum absolute atomic E-state index is 12.9. The first-order chi connectivity index (χ1) is 12.1. The van der Waals surface area contributed by atoms with Crippen LogP contribution in [0.3, 0.4) is 0 Å². The van der Waals surface area contributed by atoms with Crippen LogP contribution in [0.5, 0.6) is 0 Å². The number of halogens is 1. The van der Waals surface area contributed by atoms with Crippen LogP contribution >= 0.6 is 12.4 Å². The van der Waals surface area contributed by atoms with Gasteiger partial charge >= 0.3 is 0 Å². The first kappa shape index (κ1) is 18.7. The van der Waals surface area contributed by atoms with Crippen molar-refractivity contribution < 1.29 is 8.42 Å². The molecule has 0 amide bonds. The molecule has 1 aromatic carbocycles. The van der Waals surface area contributed by atoms with Crippen LogP contribution in [0.4, 0.5) is 5.82 Å². The van der Waals surface area contributed by atoms with Crippen LogP contribution in [-0.2, 0) is 15.8 Å². The summed E-state index contributed by atoms with van der Waals surface area (Å²) in [5.41, 5.74) is 1.46. The Kier molecular flexibility index (Phi) is 5.50. The van der Waals surface area contributed by atoms with Crippen molar-refractivity contribution in [1.82, 2.24) is 14.3 Å². The number of pyridine rings is 1. The number of hydrogen-bond donors (Lipinski definition) is 1. The predicted octanol–water partition coefficient (Wildman–Crippen LogP) is 2.25. The van der Waals surface area contributed by atoms with Crippen LogP contribution < -0.4 is 10.2 Å². The highest BCUT2D eigenvalue weighted by Crippen LogP contribution is 2.27. The molecule has 1 N–H and O–H groups in total. The lowest BCUT2D eigenvalue weighted by Gasteiger charge is -2.28. The summed E-state index contributed by atoms with van der Waals surface area (Å²) in [5.74, 6) is 0.829. The standard InChI is InChI=1S/C18H20N4O2S.ClH/c23-25(24,14-15-4-2-1-3-5-15)22-11-7-16-17(22)6-8-20-18(16)21-12-9-19-10-13-21;/h1-8,11,19H,9-10,12-14H2;1H. The zero-order valence-corrected chi connectivity index (χ0v) is 15.8. The summed E-state index contributed by atoms with van der Waals surface area (Å²) in [7, 11) is -3.49. The number of nitrogens with one attached hydrogen (secondary N) is 1. The fourth-order valence-corrected chi connectivity index (χ4v) is 4.71. The second kappa shape index (κ2) is 7.65. The molecule has 4 rings (SSSR count). The summed E-state index contributed by atoms with van der Waals surface area (Å²) in [6.45, 7) is 3.55. The Morgan fingerprint density at radius 2 is 1.77 bits per heavy atom. The van der Waals surface area contributed by atoms with E-state index in [0.717, 1.165) is 42.9 Å². The van der Waals surface area contributed by atoms with Crippen LogP contribution in [0.1, 0.15) is 5.56 Å². The maximum atomic E-state index is 12.9. The third kappa shape index (κ3) is 3.56. The van der Waals surface area contributed by atoms with Crippen LogP contribution in [0, 0.1) is 0 Å². The van der Waals surface area contributed by atoms with Crippen LogP contribution in [0.15, 0.2) is 54.9 Å².